The third kappa shape index (κ3) is 3.11. The van der Waals surface area contributed by atoms with Gasteiger partial charge in [-0.3, -0.25) is 4.79 Å². The molecule has 1 aromatic heterocycles. The first-order valence-electron chi connectivity index (χ1n) is 8.48. The van der Waals surface area contributed by atoms with Crippen LogP contribution in [0, 0.1) is 30.6 Å². The van der Waals surface area contributed by atoms with Crippen LogP contribution in [0.5, 0.6) is 11.5 Å². The number of aryl methyl sites for hydroxylation is 1. The van der Waals surface area contributed by atoms with Crippen LogP contribution in [0.2, 0.25) is 0 Å². The highest BCUT2D eigenvalue weighted by atomic mass is 16.7. The number of hydrogen-bond acceptors (Lipinski definition) is 4. The fourth-order valence-electron chi connectivity index (χ4n) is 3.06. The molecule has 1 aliphatic heterocycles. The van der Waals surface area contributed by atoms with Crippen LogP contribution < -0.4 is 9.47 Å². The van der Waals surface area contributed by atoms with Crippen molar-refractivity contribution in [3.8, 4) is 23.3 Å². The largest absolute Gasteiger partial charge is 0.454 e. The van der Waals surface area contributed by atoms with Crippen molar-refractivity contribution in [2.24, 2.45) is 5.41 Å². The molecule has 26 heavy (non-hydrogen) atoms. The van der Waals surface area contributed by atoms with Gasteiger partial charge in [-0.25, -0.2) is 0 Å². The Hall–Kier alpha value is -3.00. The number of nitriles is 1. The summed E-state index contributed by atoms with van der Waals surface area (Å²) in [4.78, 5) is 12.5. The lowest BCUT2D eigenvalue weighted by Crippen LogP contribution is -2.21. The third-order valence-corrected chi connectivity index (χ3v) is 4.43. The van der Waals surface area contributed by atoms with Crippen molar-refractivity contribution >= 4 is 11.9 Å². The van der Waals surface area contributed by atoms with E-state index in [1.54, 1.807) is 6.08 Å². The van der Waals surface area contributed by atoms with Gasteiger partial charge in [0.2, 0.25) is 6.79 Å². The van der Waals surface area contributed by atoms with Gasteiger partial charge in [0.1, 0.15) is 6.07 Å². The molecule has 5 heteroatoms. The third-order valence-electron chi connectivity index (χ3n) is 4.43. The molecular formula is C21H22N2O3. The Kier molecular flexibility index (Phi) is 4.37. The summed E-state index contributed by atoms with van der Waals surface area (Å²) >= 11 is 0. The molecule has 0 fully saturated rings. The molecule has 134 valence electrons. The molecule has 0 bridgehead atoms. The maximum atomic E-state index is 12.5. The summed E-state index contributed by atoms with van der Waals surface area (Å²) in [6, 6.07) is 9.81. The van der Waals surface area contributed by atoms with Gasteiger partial charge in [0.15, 0.2) is 17.3 Å². The van der Waals surface area contributed by atoms with Gasteiger partial charge in [-0.05, 0) is 43.7 Å². The lowest BCUT2D eigenvalue weighted by molar-refractivity contribution is -0.121. The van der Waals surface area contributed by atoms with Crippen LogP contribution in [0.1, 0.15) is 37.7 Å². The fourth-order valence-corrected chi connectivity index (χ4v) is 3.06. The standard InChI is InChI=1S/C21H22N2O3/c1-13-8-15(9-16(11-22)20(24)21(3,4)5)14(2)23(13)17-6-7-18-19(10-17)26-12-25-18/h6-10H,12H2,1-5H3/b16-9+. The van der Waals surface area contributed by atoms with Gasteiger partial charge in [-0.2, -0.15) is 5.26 Å². The summed E-state index contributed by atoms with van der Waals surface area (Å²) in [6.07, 6.45) is 1.68. The number of ether oxygens (including phenoxy) is 2. The van der Waals surface area contributed by atoms with E-state index in [0.29, 0.717) is 5.75 Å². The van der Waals surface area contributed by atoms with E-state index in [-0.39, 0.29) is 18.1 Å². The monoisotopic (exact) mass is 350 g/mol. The number of rotatable bonds is 3. The molecule has 0 atom stereocenters. The van der Waals surface area contributed by atoms with Gasteiger partial charge >= 0.3 is 0 Å². The van der Waals surface area contributed by atoms with E-state index in [0.717, 1.165) is 28.4 Å². The van der Waals surface area contributed by atoms with Crippen molar-refractivity contribution in [1.29, 1.82) is 5.26 Å². The number of aromatic nitrogens is 1. The van der Waals surface area contributed by atoms with Crippen molar-refractivity contribution < 1.29 is 14.3 Å². The van der Waals surface area contributed by atoms with E-state index in [9.17, 15) is 10.1 Å². The molecule has 0 saturated carbocycles. The van der Waals surface area contributed by atoms with Crippen molar-refractivity contribution in [2.45, 2.75) is 34.6 Å². The average Bonchev–Trinajstić information content (AvgIpc) is 3.14. The van der Waals surface area contributed by atoms with Crippen molar-refractivity contribution in [1.82, 2.24) is 4.57 Å². The molecule has 2 heterocycles. The second-order valence-corrected chi connectivity index (χ2v) is 7.45. The highest BCUT2D eigenvalue weighted by Gasteiger charge is 2.25. The Morgan fingerprint density at radius 1 is 1.19 bits per heavy atom. The number of benzene rings is 1. The topological polar surface area (TPSA) is 64.2 Å². The summed E-state index contributed by atoms with van der Waals surface area (Å²) < 4.78 is 12.9. The van der Waals surface area contributed by atoms with Gasteiger partial charge in [0, 0.05) is 28.6 Å². The Labute approximate surface area is 153 Å². The minimum Gasteiger partial charge on any atom is -0.454 e. The SMILES string of the molecule is Cc1cc(/C=C(\C#N)C(=O)C(C)(C)C)c(C)n1-c1ccc2c(c1)OCO2. The number of allylic oxidation sites excluding steroid dienone is 1. The first-order valence-corrected chi connectivity index (χ1v) is 8.48. The number of carbonyl (C=O) groups is 1. The lowest BCUT2D eigenvalue weighted by atomic mass is 9.86. The Morgan fingerprint density at radius 3 is 2.54 bits per heavy atom. The summed E-state index contributed by atoms with van der Waals surface area (Å²) in [6.45, 7) is 9.65. The molecule has 0 radical (unpaired) electrons. The molecule has 2 aromatic rings. The number of nitrogens with zero attached hydrogens (tertiary/aromatic N) is 2. The van der Waals surface area contributed by atoms with Crippen LogP contribution in [0.4, 0.5) is 0 Å². The summed E-state index contributed by atoms with van der Waals surface area (Å²) in [5.41, 5.74) is 3.34. The van der Waals surface area contributed by atoms with Crippen molar-refractivity contribution in [3.05, 3.63) is 46.8 Å². The zero-order chi connectivity index (χ0) is 19.1. The minimum absolute atomic E-state index is 0.159. The maximum Gasteiger partial charge on any atom is 0.231 e. The highest BCUT2D eigenvalue weighted by Crippen LogP contribution is 2.35. The number of ketones is 1. The van der Waals surface area contributed by atoms with Crippen molar-refractivity contribution in [2.75, 3.05) is 6.79 Å². The normalized spacial score (nSPS) is 13.6. The Balaban J connectivity index is 2.05. The summed E-state index contributed by atoms with van der Waals surface area (Å²) in [7, 11) is 0. The highest BCUT2D eigenvalue weighted by molar-refractivity contribution is 6.06. The number of Topliss-reactive ketones (excluding diaryl/α,β-unsaturated/α-hetero) is 1. The fraction of sp³-hybridized carbons (Fsp3) is 0.333. The molecule has 3 rings (SSSR count). The maximum absolute atomic E-state index is 12.5. The molecule has 0 amide bonds. The van der Waals surface area contributed by atoms with Crippen LogP contribution >= 0.6 is 0 Å². The molecular weight excluding hydrogens is 328 g/mol. The molecule has 0 saturated heterocycles. The zero-order valence-electron chi connectivity index (χ0n) is 15.7. The van der Waals surface area contributed by atoms with E-state index < -0.39 is 5.41 Å². The average molecular weight is 350 g/mol. The predicted molar refractivity (Wildman–Crippen MR) is 99.4 cm³/mol. The van der Waals surface area contributed by atoms with Gasteiger partial charge < -0.3 is 14.0 Å². The second kappa shape index (κ2) is 6.38. The predicted octanol–water partition coefficient (Wildman–Crippen LogP) is 4.35. The summed E-state index contributed by atoms with van der Waals surface area (Å²) in [5.74, 6) is 1.29. The van der Waals surface area contributed by atoms with Crippen LogP contribution in [-0.4, -0.2) is 17.1 Å². The number of hydrogen-bond donors (Lipinski definition) is 0. The van der Waals surface area contributed by atoms with E-state index in [2.05, 4.69) is 10.6 Å². The smallest absolute Gasteiger partial charge is 0.231 e. The van der Waals surface area contributed by atoms with Gasteiger partial charge in [0.25, 0.3) is 0 Å². The van der Waals surface area contributed by atoms with Crippen LogP contribution in [-0.2, 0) is 4.79 Å². The molecule has 1 aliphatic rings. The van der Waals surface area contributed by atoms with Gasteiger partial charge in [-0.1, -0.05) is 20.8 Å². The van der Waals surface area contributed by atoms with E-state index >= 15 is 0 Å². The first-order chi connectivity index (χ1) is 12.2. The number of carbonyl (C=O) groups excluding carboxylic acids is 1. The zero-order valence-corrected chi connectivity index (χ0v) is 15.7. The molecule has 1 aromatic carbocycles. The first kappa shape index (κ1) is 17.8. The molecule has 0 unspecified atom stereocenters. The number of fused-ring (bicyclic) bond motifs is 1. The Morgan fingerprint density at radius 2 is 1.88 bits per heavy atom. The van der Waals surface area contributed by atoms with Gasteiger partial charge in [0.05, 0.1) is 5.57 Å². The Bertz CT molecular complexity index is 953. The van der Waals surface area contributed by atoms with Crippen LogP contribution in [0.25, 0.3) is 11.8 Å². The summed E-state index contributed by atoms with van der Waals surface area (Å²) in [5, 5.41) is 9.43. The molecule has 0 aliphatic carbocycles. The van der Waals surface area contributed by atoms with Crippen molar-refractivity contribution in [3.63, 3.8) is 0 Å². The van der Waals surface area contributed by atoms with Gasteiger partial charge in [-0.15, -0.1) is 0 Å². The minimum atomic E-state index is -0.593. The second-order valence-electron chi connectivity index (χ2n) is 7.45. The van der Waals surface area contributed by atoms with Crippen LogP contribution in [0.15, 0.2) is 29.8 Å². The lowest BCUT2D eigenvalue weighted by Gasteiger charge is -2.15. The van der Waals surface area contributed by atoms with E-state index in [1.807, 2.05) is 58.9 Å². The van der Waals surface area contributed by atoms with Crippen LogP contribution in [0.3, 0.4) is 0 Å². The molecule has 0 spiro atoms. The quantitative estimate of drug-likeness (QED) is 0.610. The van der Waals surface area contributed by atoms with E-state index in [1.165, 1.54) is 0 Å². The molecule has 0 N–H and O–H groups in total. The molecule has 5 nitrogen and oxygen atoms in total. The van der Waals surface area contributed by atoms with E-state index in [4.69, 9.17) is 9.47 Å².